The lowest BCUT2D eigenvalue weighted by molar-refractivity contribution is 0.329. The molecule has 0 N–H and O–H groups in total. The molecule has 0 saturated carbocycles. The molecule has 2 aromatic rings. The van der Waals surface area contributed by atoms with Crippen LogP contribution in [0.4, 0.5) is 0 Å². The van der Waals surface area contributed by atoms with Crippen LogP contribution in [-0.2, 0) is 21.7 Å². The van der Waals surface area contributed by atoms with Gasteiger partial charge in [-0.25, -0.2) is 0 Å². The summed E-state index contributed by atoms with van der Waals surface area (Å²) in [6.45, 7) is 23.2. The Labute approximate surface area is 202 Å². The van der Waals surface area contributed by atoms with Crippen molar-refractivity contribution in [1.82, 2.24) is 0 Å². The second-order valence-corrected chi connectivity index (χ2v) is 13.3. The zero-order chi connectivity index (χ0) is 24.4. The van der Waals surface area contributed by atoms with Gasteiger partial charge in [0.05, 0.1) is 0 Å². The maximum absolute atomic E-state index is 6.24. The Kier molecular flexibility index (Phi) is 5.74. The fourth-order valence-electron chi connectivity index (χ4n) is 5.87. The fourth-order valence-corrected chi connectivity index (χ4v) is 5.87. The van der Waals surface area contributed by atoms with Gasteiger partial charge in [0.1, 0.15) is 11.5 Å². The van der Waals surface area contributed by atoms with Crippen LogP contribution in [0.3, 0.4) is 0 Å². The van der Waals surface area contributed by atoms with E-state index in [9.17, 15) is 0 Å². The van der Waals surface area contributed by atoms with Crippen molar-refractivity contribution in [3.05, 3.63) is 57.6 Å². The standard InChI is InChI=1S/C30H43BO2/c1-19-15-21-23(29(7,8)13-11-27(21,3)4)17-25(19)32-31-33-26-18-24-22(16-20(26)2)28(5,6)12-14-30(24,9)10/h15-18,31H,11-14H2,1-10H3. The van der Waals surface area contributed by atoms with E-state index in [1.165, 1.54) is 59.1 Å². The van der Waals surface area contributed by atoms with Gasteiger partial charge in [-0.05, 0) is 107 Å². The van der Waals surface area contributed by atoms with E-state index in [0.29, 0.717) is 0 Å². The number of aryl methyl sites for hydroxylation is 2. The molecule has 0 heterocycles. The highest BCUT2D eigenvalue weighted by Gasteiger charge is 2.39. The molecular formula is C30H43BO2. The van der Waals surface area contributed by atoms with Gasteiger partial charge < -0.3 is 9.31 Å². The third kappa shape index (κ3) is 4.33. The predicted molar refractivity (Wildman–Crippen MR) is 141 cm³/mol. The molecule has 0 aliphatic heterocycles. The van der Waals surface area contributed by atoms with Crippen LogP contribution >= 0.6 is 0 Å². The van der Waals surface area contributed by atoms with Crippen LogP contribution in [0.2, 0.25) is 0 Å². The molecular weight excluding hydrogens is 403 g/mol. The van der Waals surface area contributed by atoms with E-state index in [2.05, 4.69) is 93.5 Å². The smallest absolute Gasteiger partial charge is 0.528 e. The Morgan fingerprint density at radius 2 is 0.788 bits per heavy atom. The van der Waals surface area contributed by atoms with Crippen molar-refractivity contribution in [2.75, 3.05) is 0 Å². The quantitative estimate of drug-likeness (QED) is 0.448. The monoisotopic (exact) mass is 446 g/mol. The lowest BCUT2D eigenvalue weighted by atomic mass is 9.63. The molecule has 4 rings (SSSR count). The first-order valence-corrected chi connectivity index (χ1v) is 12.7. The molecule has 0 bridgehead atoms. The normalized spacial score (nSPS) is 21.5. The predicted octanol–water partition coefficient (Wildman–Crippen LogP) is 7.73. The van der Waals surface area contributed by atoms with E-state index in [1.54, 1.807) is 0 Å². The van der Waals surface area contributed by atoms with Crippen LogP contribution in [0, 0.1) is 13.8 Å². The second-order valence-electron chi connectivity index (χ2n) is 13.3. The van der Waals surface area contributed by atoms with Crippen molar-refractivity contribution < 1.29 is 9.31 Å². The van der Waals surface area contributed by atoms with Gasteiger partial charge in [-0.1, -0.05) is 67.5 Å². The van der Waals surface area contributed by atoms with Gasteiger partial charge in [-0.3, -0.25) is 0 Å². The third-order valence-corrected chi connectivity index (χ3v) is 8.73. The molecule has 2 aromatic carbocycles. The molecule has 2 nitrogen and oxygen atoms in total. The van der Waals surface area contributed by atoms with E-state index in [0.717, 1.165) is 11.5 Å². The van der Waals surface area contributed by atoms with E-state index in [-0.39, 0.29) is 29.3 Å². The summed E-state index contributed by atoms with van der Waals surface area (Å²) in [4.78, 5) is 0. The molecule has 0 saturated heterocycles. The molecule has 0 spiro atoms. The van der Waals surface area contributed by atoms with Gasteiger partial charge in [0.2, 0.25) is 0 Å². The van der Waals surface area contributed by atoms with Crippen molar-refractivity contribution in [3.8, 4) is 11.5 Å². The third-order valence-electron chi connectivity index (χ3n) is 8.73. The van der Waals surface area contributed by atoms with Crippen molar-refractivity contribution in [2.45, 2.75) is 117 Å². The van der Waals surface area contributed by atoms with Gasteiger partial charge in [-0.2, -0.15) is 0 Å². The summed E-state index contributed by atoms with van der Waals surface area (Å²) in [5.74, 6) is 1.88. The SMILES string of the molecule is Cc1cc2c(cc1OBOc1cc3c(cc1C)C(C)(C)CCC3(C)C)C(C)(C)CCC2(C)C. The Morgan fingerprint density at radius 3 is 1.09 bits per heavy atom. The second kappa shape index (κ2) is 7.82. The molecule has 0 radical (unpaired) electrons. The van der Waals surface area contributed by atoms with Crippen LogP contribution in [-0.4, -0.2) is 7.69 Å². The average molecular weight is 446 g/mol. The molecule has 3 heteroatoms. The first-order chi connectivity index (χ1) is 15.1. The average Bonchev–Trinajstić information content (AvgIpc) is 2.71. The fraction of sp³-hybridized carbons (Fsp3) is 0.600. The summed E-state index contributed by atoms with van der Waals surface area (Å²) in [6, 6.07) is 9.25. The van der Waals surface area contributed by atoms with E-state index in [1.807, 2.05) is 0 Å². The zero-order valence-corrected chi connectivity index (χ0v) is 22.7. The summed E-state index contributed by atoms with van der Waals surface area (Å²) < 4.78 is 12.5. The minimum absolute atomic E-state index is 0.172. The highest BCUT2D eigenvalue weighted by atomic mass is 16.6. The molecule has 178 valence electrons. The highest BCUT2D eigenvalue weighted by Crippen LogP contribution is 2.49. The summed E-state index contributed by atoms with van der Waals surface area (Å²) in [5.41, 5.74) is 8.94. The van der Waals surface area contributed by atoms with Crippen LogP contribution in [0.5, 0.6) is 11.5 Å². The van der Waals surface area contributed by atoms with Gasteiger partial charge in [0, 0.05) is 0 Å². The van der Waals surface area contributed by atoms with Crippen molar-refractivity contribution in [1.29, 1.82) is 0 Å². The molecule has 2 aliphatic carbocycles. The van der Waals surface area contributed by atoms with Gasteiger partial charge in [-0.15, -0.1) is 0 Å². The first kappa shape index (κ1) is 24.2. The van der Waals surface area contributed by atoms with Gasteiger partial charge in [0.25, 0.3) is 0 Å². The van der Waals surface area contributed by atoms with Crippen LogP contribution in [0.25, 0.3) is 0 Å². The Morgan fingerprint density at radius 1 is 0.515 bits per heavy atom. The van der Waals surface area contributed by atoms with Crippen LogP contribution in [0.1, 0.15) is 114 Å². The van der Waals surface area contributed by atoms with Crippen LogP contribution in [0.15, 0.2) is 24.3 Å². The number of fused-ring (bicyclic) bond motifs is 2. The number of benzene rings is 2. The topological polar surface area (TPSA) is 18.5 Å². The van der Waals surface area contributed by atoms with Crippen molar-refractivity contribution >= 4 is 7.69 Å². The van der Waals surface area contributed by atoms with E-state index >= 15 is 0 Å². The van der Waals surface area contributed by atoms with Gasteiger partial charge >= 0.3 is 7.69 Å². The van der Waals surface area contributed by atoms with Crippen LogP contribution < -0.4 is 9.31 Å². The molecule has 0 amide bonds. The maximum atomic E-state index is 6.24. The Bertz CT molecular complexity index is 990. The zero-order valence-electron chi connectivity index (χ0n) is 22.7. The molecule has 0 aromatic heterocycles. The summed E-state index contributed by atoms with van der Waals surface area (Å²) >= 11 is 0. The Hall–Kier alpha value is -1.90. The van der Waals surface area contributed by atoms with Gasteiger partial charge in [0.15, 0.2) is 0 Å². The van der Waals surface area contributed by atoms with E-state index < -0.39 is 0 Å². The first-order valence-electron chi connectivity index (χ1n) is 12.7. The highest BCUT2D eigenvalue weighted by molar-refractivity contribution is 6.20. The van der Waals surface area contributed by atoms with Crippen molar-refractivity contribution in [2.24, 2.45) is 0 Å². The molecule has 0 fully saturated rings. The minimum Gasteiger partial charge on any atom is -0.528 e. The maximum Gasteiger partial charge on any atom is 0.576 e. The largest absolute Gasteiger partial charge is 0.576 e. The molecule has 33 heavy (non-hydrogen) atoms. The lowest BCUT2D eigenvalue weighted by Gasteiger charge is -2.42. The number of hydrogen-bond acceptors (Lipinski definition) is 2. The molecule has 2 aliphatic rings. The molecule has 0 unspecified atom stereocenters. The summed E-state index contributed by atoms with van der Waals surface area (Å²) in [6.07, 6.45) is 4.85. The minimum atomic E-state index is 0.172. The van der Waals surface area contributed by atoms with E-state index in [4.69, 9.17) is 9.31 Å². The molecule has 0 atom stereocenters. The summed E-state index contributed by atoms with van der Waals surface area (Å²) in [5, 5.41) is 0. The number of hydrogen-bond donors (Lipinski definition) is 0. The van der Waals surface area contributed by atoms with Crippen molar-refractivity contribution in [3.63, 3.8) is 0 Å². The Balaban J connectivity index is 1.58. The number of rotatable bonds is 4. The summed E-state index contributed by atoms with van der Waals surface area (Å²) in [7, 11) is 0.229. The lowest BCUT2D eigenvalue weighted by Crippen LogP contribution is -2.34.